The van der Waals surface area contributed by atoms with Gasteiger partial charge in [0.25, 0.3) is 0 Å². The first-order valence-corrected chi connectivity index (χ1v) is 4.54. The van der Waals surface area contributed by atoms with Gasteiger partial charge in [-0.2, -0.15) is 0 Å². The molecule has 0 aromatic rings. The molecule has 0 bridgehead atoms. The highest BCUT2D eigenvalue weighted by Crippen LogP contribution is 2.20. The summed E-state index contributed by atoms with van der Waals surface area (Å²) in [5.41, 5.74) is 5.64. The molecule has 1 fully saturated rings. The minimum absolute atomic E-state index is 0. The van der Waals surface area contributed by atoms with Gasteiger partial charge in [-0.3, -0.25) is 0 Å². The van der Waals surface area contributed by atoms with Crippen molar-refractivity contribution in [2.45, 2.75) is 45.6 Å². The van der Waals surface area contributed by atoms with Crippen LogP contribution in [0.1, 0.15) is 41.0 Å². The topological polar surface area (TPSA) is 43.1 Å². The number of carbonyl (C=O) groups is 1. The van der Waals surface area contributed by atoms with E-state index in [4.69, 9.17) is 5.73 Å². The summed E-state index contributed by atoms with van der Waals surface area (Å²) in [7, 11) is 0. The van der Waals surface area contributed by atoms with Crippen LogP contribution in [0, 0.1) is 5.92 Å². The van der Waals surface area contributed by atoms with Crippen molar-refractivity contribution in [3.63, 3.8) is 0 Å². The third kappa shape index (κ3) is 4.14. The summed E-state index contributed by atoms with van der Waals surface area (Å²) < 4.78 is 0. The predicted octanol–water partition coefficient (Wildman–Crippen LogP) is 1.97. The van der Waals surface area contributed by atoms with Crippen LogP contribution in [0.3, 0.4) is 0 Å². The fraction of sp³-hybridized carbons (Fsp3) is 0.889. The zero-order chi connectivity index (χ0) is 8.69. The van der Waals surface area contributed by atoms with Gasteiger partial charge in [-0.05, 0) is 25.7 Å². The Balaban J connectivity index is 0. The van der Waals surface area contributed by atoms with Crippen LogP contribution in [-0.2, 0) is 4.79 Å². The SMILES string of the molecule is CC.NC1CCC(C=O)CC1.[HH]. The Bertz CT molecular complexity index is 101. The van der Waals surface area contributed by atoms with Crippen LogP contribution < -0.4 is 5.73 Å². The fourth-order valence-electron chi connectivity index (χ4n) is 1.28. The van der Waals surface area contributed by atoms with Crippen molar-refractivity contribution in [1.82, 2.24) is 0 Å². The van der Waals surface area contributed by atoms with Gasteiger partial charge in [-0.15, -0.1) is 0 Å². The van der Waals surface area contributed by atoms with Gasteiger partial charge in [0.05, 0.1) is 0 Å². The normalized spacial score (nSPS) is 30.1. The third-order valence-corrected chi connectivity index (χ3v) is 2.01. The number of nitrogens with two attached hydrogens (primary N) is 1. The molecule has 0 heterocycles. The zero-order valence-corrected chi connectivity index (χ0v) is 7.55. The molecule has 0 aromatic heterocycles. The van der Waals surface area contributed by atoms with Crippen LogP contribution in [0.5, 0.6) is 0 Å². The zero-order valence-electron chi connectivity index (χ0n) is 7.55. The second-order valence-corrected chi connectivity index (χ2v) is 2.81. The molecule has 0 atom stereocenters. The van der Waals surface area contributed by atoms with Crippen molar-refractivity contribution >= 4 is 6.29 Å². The Labute approximate surface area is 70.6 Å². The molecule has 0 aromatic carbocycles. The van der Waals surface area contributed by atoms with Gasteiger partial charge >= 0.3 is 0 Å². The summed E-state index contributed by atoms with van der Waals surface area (Å²) in [6, 6.07) is 0.362. The highest BCUT2D eigenvalue weighted by molar-refractivity contribution is 5.53. The lowest BCUT2D eigenvalue weighted by Gasteiger charge is -2.21. The minimum Gasteiger partial charge on any atom is -0.328 e. The van der Waals surface area contributed by atoms with E-state index in [2.05, 4.69) is 0 Å². The number of aldehydes is 1. The quantitative estimate of drug-likeness (QED) is 0.594. The first-order valence-electron chi connectivity index (χ1n) is 4.54. The Hall–Kier alpha value is -0.370. The molecule has 1 rings (SSSR count). The Morgan fingerprint density at radius 2 is 1.73 bits per heavy atom. The van der Waals surface area contributed by atoms with E-state index in [1.165, 1.54) is 0 Å². The number of rotatable bonds is 1. The molecule has 0 unspecified atom stereocenters. The summed E-state index contributed by atoms with van der Waals surface area (Å²) in [6.45, 7) is 4.00. The van der Waals surface area contributed by atoms with Crippen molar-refractivity contribution < 1.29 is 6.22 Å². The van der Waals surface area contributed by atoms with Crippen molar-refractivity contribution in [2.24, 2.45) is 11.7 Å². The molecule has 0 spiro atoms. The maximum Gasteiger partial charge on any atom is 0.123 e. The minimum atomic E-state index is 0. The molecular formula is C9H21NO. The standard InChI is InChI=1S/C7H13NO.C2H6.H2/c8-7-3-1-6(5-9)2-4-7;1-2;/h5-7H,1-4,8H2;1-2H3;1H. The monoisotopic (exact) mass is 159 g/mol. The molecule has 11 heavy (non-hydrogen) atoms. The Morgan fingerprint density at radius 1 is 1.27 bits per heavy atom. The van der Waals surface area contributed by atoms with E-state index in [0.29, 0.717) is 12.0 Å². The molecule has 1 saturated carbocycles. The first-order chi connectivity index (χ1) is 5.33. The van der Waals surface area contributed by atoms with Gasteiger partial charge < -0.3 is 10.5 Å². The van der Waals surface area contributed by atoms with E-state index in [1.807, 2.05) is 13.8 Å². The van der Waals surface area contributed by atoms with E-state index in [-0.39, 0.29) is 1.43 Å². The molecule has 2 heteroatoms. The second kappa shape index (κ2) is 6.35. The van der Waals surface area contributed by atoms with Gasteiger partial charge in [0.15, 0.2) is 0 Å². The Morgan fingerprint density at radius 3 is 2.09 bits per heavy atom. The molecule has 2 N–H and O–H groups in total. The van der Waals surface area contributed by atoms with E-state index in [0.717, 1.165) is 32.0 Å². The van der Waals surface area contributed by atoms with Crippen LogP contribution in [0.2, 0.25) is 0 Å². The summed E-state index contributed by atoms with van der Waals surface area (Å²) in [4.78, 5) is 10.2. The molecule has 1 aliphatic rings. The first kappa shape index (κ1) is 10.6. The maximum absolute atomic E-state index is 10.2. The molecule has 0 amide bonds. The summed E-state index contributed by atoms with van der Waals surface area (Å²) in [5, 5.41) is 0. The number of carbonyl (C=O) groups excluding carboxylic acids is 1. The largest absolute Gasteiger partial charge is 0.328 e. The fourth-order valence-corrected chi connectivity index (χ4v) is 1.28. The van der Waals surface area contributed by atoms with Crippen LogP contribution in [0.4, 0.5) is 0 Å². The Kier molecular flexibility index (Phi) is 6.13. The van der Waals surface area contributed by atoms with E-state index in [1.54, 1.807) is 0 Å². The van der Waals surface area contributed by atoms with Gasteiger partial charge in [-0.1, -0.05) is 13.8 Å². The van der Waals surface area contributed by atoms with E-state index < -0.39 is 0 Å². The van der Waals surface area contributed by atoms with Crippen molar-refractivity contribution in [3.05, 3.63) is 0 Å². The summed E-state index contributed by atoms with van der Waals surface area (Å²) in [6.07, 6.45) is 5.13. The molecule has 68 valence electrons. The highest BCUT2D eigenvalue weighted by Gasteiger charge is 2.16. The number of hydrogen-bond donors (Lipinski definition) is 1. The molecule has 0 saturated heterocycles. The lowest BCUT2D eigenvalue weighted by molar-refractivity contribution is -0.111. The molecule has 0 radical (unpaired) electrons. The van der Waals surface area contributed by atoms with Gasteiger partial charge in [0.1, 0.15) is 6.29 Å². The van der Waals surface area contributed by atoms with Gasteiger partial charge in [-0.25, -0.2) is 0 Å². The molecule has 2 nitrogen and oxygen atoms in total. The average molecular weight is 159 g/mol. The summed E-state index contributed by atoms with van der Waals surface area (Å²) >= 11 is 0. The predicted molar refractivity (Wildman–Crippen MR) is 49.5 cm³/mol. The second-order valence-electron chi connectivity index (χ2n) is 2.81. The van der Waals surface area contributed by atoms with Gasteiger partial charge in [0.2, 0.25) is 0 Å². The third-order valence-electron chi connectivity index (χ3n) is 2.01. The molecule has 1 aliphatic carbocycles. The van der Waals surface area contributed by atoms with Crippen LogP contribution in [0.15, 0.2) is 0 Å². The molecule has 0 aliphatic heterocycles. The average Bonchev–Trinajstić information content (AvgIpc) is 2.10. The van der Waals surface area contributed by atoms with E-state index >= 15 is 0 Å². The van der Waals surface area contributed by atoms with Crippen LogP contribution in [-0.4, -0.2) is 12.3 Å². The van der Waals surface area contributed by atoms with Crippen molar-refractivity contribution in [1.29, 1.82) is 0 Å². The lowest BCUT2D eigenvalue weighted by Crippen LogP contribution is -2.26. The van der Waals surface area contributed by atoms with Crippen molar-refractivity contribution in [3.8, 4) is 0 Å². The van der Waals surface area contributed by atoms with Crippen molar-refractivity contribution in [2.75, 3.05) is 0 Å². The smallest absolute Gasteiger partial charge is 0.123 e. The van der Waals surface area contributed by atoms with Gasteiger partial charge in [0, 0.05) is 13.4 Å². The number of hydrogen-bond acceptors (Lipinski definition) is 2. The van der Waals surface area contributed by atoms with Crippen LogP contribution >= 0.6 is 0 Å². The van der Waals surface area contributed by atoms with E-state index in [9.17, 15) is 4.79 Å². The maximum atomic E-state index is 10.2. The summed E-state index contributed by atoms with van der Waals surface area (Å²) in [5.74, 6) is 0.310. The lowest BCUT2D eigenvalue weighted by atomic mass is 9.88. The van der Waals surface area contributed by atoms with Crippen LogP contribution in [0.25, 0.3) is 0 Å². The highest BCUT2D eigenvalue weighted by atomic mass is 16.1. The molecular weight excluding hydrogens is 138 g/mol.